The second-order valence-corrected chi connectivity index (χ2v) is 7.00. The number of rotatable bonds is 4. The van der Waals surface area contributed by atoms with Gasteiger partial charge in [0.15, 0.2) is 0 Å². The standard InChI is InChI=1S/C10H19NO6S/c1-10(2,3)17-9(13)11-7(8(12)16-4)6-18(5,14)15/h7H,6H2,1-5H3,(H,11,13)/t7-/m0/s1. The number of methoxy groups -OCH3 is 1. The van der Waals surface area contributed by atoms with Crippen LogP contribution in [0.2, 0.25) is 0 Å². The maximum Gasteiger partial charge on any atom is 0.408 e. The minimum absolute atomic E-state index is 0.543. The number of hydrogen-bond donors (Lipinski definition) is 1. The first-order valence-electron chi connectivity index (χ1n) is 5.19. The van der Waals surface area contributed by atoms with Crippen molar-refractivity contribution in [2.45, 2.75) is 32.4 Å². The molecule has 18 heavy (non-hydrogen) atoms. The van der Waals surface area contributed by atoms with Crippen molar-refractivity contribution in [3.05, 3.63) is 0 Å². The lowest BCUT2D eigenvalue weighted by atomic mass is 10.2. The first-order valence-corrected chi connectivity index (χ1v) is 7.26. The van der Waals surface area contributed by atoms with Crippen LogP contribution in [0, 0.1) is 0 Å². The van der Waals surface area contributed by atoms with E-state index in [4.69, 9.17) is 4.74 Å². The highest BCUT2D eigenvalue weighted by molar-refractivity contribution is 7.90. The van der Waals surface area contributed by atoms with E-state index in [1.54, 1.807) is 20.8 Å². The molecule has 0 aromatic carbocycles. The van der Waals surface area contributed by atoms with Crippen LogP contribution in [0.3, 0.4) is 0 Å². The van der Waals surface area contributed by atoms with Crippen molar-refractivity contribution >= 4 is 21.9 Å². The Kier molecular flexibility index (Phi) is 5.59. The molecule has 0 aliphatic rings. The van der Waals surface area contributed by atoms with E-state index >= 15 is 0 Å². The van der Waals surface area contributed by atoms with Crippen LogP contribution >= 0.6 is 0 Å². The second kappa shape index (κ2) is 6.03. The molecule has 0 saturated carbocycles. The van der Waals surface area contributed by atoms with Gasteiger partial charge in [0.2, 0.25) is 0 Å². The number of nitrogens with one attached hydrogen (secondary N) is 1. The van der Waals surface area contributed by atoms with Gasteiger partial charge in [-0.05, 0) is 20.8 Å². The summed E-state index contributed by atoms with van der Waals surface area (Å²) in [6, 6.07) is -1.28. The van der Waals surface area contributed by atoms with Gasteiger partial charge in [-0.15, -0.1) is 0 Å². The summed E-state index contributed by atoms with van der Waals surface area (Å²) in [6.07, 6.45) is 0.0845. The average Bonchev–Trinajstić information content (AvgIpc) is 2.10. The summed E-state index contributed by atoms with van der Waals surface area (Å²) in [4.78, 5) is 22.8. The summed E-state index contributed by atoms with van der Waals surface area (Å²) < 4.78 is 31.6. The first kappa shape index (κ1) is 16.7. The molecule has 0 bridgehead atoms. The highest BCUT2D eigenvalue weighted by atomic mass is 32.2. The molecule has 0 fully saturated rings. The molecule has 1 N–H and O–H groups in total. The first-order chi connectivity index (χ1) is 7.94. The lowest BCUT2D eigenvalue weighted by molar-refractivity contribution is -0.142. The number of amides is 1. The van der Waals surface area contributed by atoms with E-state index in [1.165, 1.54) is 0 Å². The minimum atomic E-state index is -3.44. The molecule has 0 aromatic rings. The Hall–Kier alpha value is -1.31. The number of alkyl carbamates (subject to hydrolysis) is 1. The van der Waals surface area contributed by atoms with E-state index in [2.05, 4.69) is 10.1 Å². The Morgan fingerprint density at radius 3 is 2.11 bits per heavy atom. The molecule has 0 unspecified atom stereocenters. The molecule has 0 saturated heterocycles. The number of hydrogen-bond acceptors (Lipinski definition) is 6. The van der Waals surface area contributed by atoms with Crippen molar-refractivity contribution < 1.29 is 27.5 Å². The molecule has 0 heterocycles. The molecule has 0 radical (unpaired) electrons. The third-order valence-corrected chi connectivity index (χ3v) is 2.58. The van der Waals surface area contributed by atoms with Crippen LogP contribution < -0.4 is 5.32 Å². The SMILES string of the molecule is COC(=O)[C@H](CS(C)(=O)=O)NC(=O)OC(C)(C)C. The van der Waals surface area contributed by atoms with E-state index in [0.29, 0.717) is 0 Å². The molecule has 1 atom stereocenters. The van der Waals surface area contributed by atoms with Crippen molar-refractivity contribution in [2.24, 2.45) is 0 Å². The monoisotopic (exact) mass is 281 g/mol. The van der Waals surface area contributed by atoms with Crippen LogP contribution in [-0.4, -0.2) is 51.2 Å². The highest BCUT2D eigenvalue weighted by Gasteiger charge is 2.28. The highest BCUT2D eigenvalue weighted by Crippen LogP contribution is 2.07. The summed E-state index contributed by atoms with van der Waals surface area (Å²) >= 11 is 0. The van der Waals surface area contributed by atoms with Gasteiger partial charge in [0.05, 0.1) is 12.9 Å². The van der Waals surface area contributed by atoms with Gasteiger partial charge in [-0.1, -0.05) is 0 Å². The summed E-state index contributed by atoms with van der Waals surface area (Å²) in [7, 11) is -2.33. The second-order valence-electron chi connectivity index (χ2n) is 4.81. The number of esters is 1. The van der Waals surface area contributed by atoms with E-state index < -0.39 is 39.3 Å². The van der Waals surface area contributed by atoms with Gasteiger partial charge in [-0.25, -0.2) is 18.0 Å². The van der Waals surface area contributed by atoms with Crippen LogP contribution in [-0.2, 0) is 24.1 Å². The number of carbonyl (C=O) groups is 2. The summed E-state index contributed by atoms with van der Waals surface area (Å²) in [5, 5.41) is 2.17. The van der Waals surface area contributed by atoms with Crippen LogP contribution in [0.25, 0.3) is 0 Å². The predicted molar refractivity (Wildman–Crippen MR) is 64.9 cm³/mol. The normalized spacial score (nSPS) is 13.6. The third-order valence-electron chi connectivity index (χ3n) is 1.65. The number of ether oxygens (including phenoxy) is 2. The fourth-order valence-corrected chi connectivity index (χ4v) is 1.89. The zero-order valence-corrected chi connectivity index (χ0v) is 12.0. The molecule has 7 nitrogen and oxygen atoms in total. The third kappa shape index (κ3) is 7.88. The fourth-order valence-electron chi connectivity index (χ4n) is 1.06. The lowest BCUT2D eigenvalue weighted by Gasteiger charge is -2.22. The summed E-state index contributed by atoms with van der Waals surface area (Å²) in [5.41, 5.74) is -0.740. The van der Waals surface area contributed by atoms with Crippen LogP contribution in [0.15, 0.2) is 0 Å². The van der Waals surface area contributed by atoms with Crippen LogP contribution in [0.4, 0.5) is 4.79 Å². The maximum atomic E-state index is 11.4. The topological polar surface area (TPSA) is 98.8 Å². The lowest BCUT2D eigenvalue weighted by Crippen LogP contribution is -2.47. The Balaban J connectivity index is 4.71. The molecule has 0 aromatic heterocycles. The molecule has 0 rings (SSSR count). The Morgan fingerprint density at radius 1 is 1.28 bits per heavy atom. The van der Waals surface area contributed by atoms with Crippen molar-refractivity contribution in [1.29, 1.82) is 0 Å². The van der Waals surface area contributed by atoms with E-state index in [-0.39, 0.29) is 0 Å². The predicted octanol–water partition coefficient (Wildman–Crippen LogP) is 0.0973. The van der Waals surface area contributed by atoms with Crippen molar-refractivity contribution in [3.8, 4) is 0 Å². The summed E-state index contributed by atoms with van der Waals surface area (Å²) in [5.74, 6) is -1.38. The average molecular weight is 281 g/mol. The Morgan fingerprint density at radius 2 is 1.78 bits per heavy atom. The Labute approximate surface area is 107 Å². The summed E-state index contributed by atoms with van der Waals surface area (Å²) in [6.45, 7) is 4.95. The van der Waals surface area contributed by atoms with Gasteiger partial charge >= 0.3 is 12.1 Å². The quantitative estimate of drug-likeness (QED) is 0.734. The van der Waals surface area contributed by atoms with Gasteiger partial charge in [0, 0.05) is 6.26 Å². The molecular formula is C10H19NO6S. The van der Waals surface area contributed by atoms with Gasteiger partial charge in [-0.3, -0.25) is 0 Å². The molecule has 0 aliphatic heterocycles. The Bertz CT molecular complexity index is 409. The van der Waals surface area contributed by atoms with Crippen LogP contribution in [0.5, 0.6) is 0 Å². The molecule has 1 amide bonds. The van der Waals surface area contributed by atoms with Crippen molar-refractivity contribution in [1.82, 2.24) is 5.32 Å². The van der Waals surface area contributed by atoms with Gasteiger partial charge in [0.1, 0.15) is 21.5 Å². The number of carbonyl (C=O) groups excluding carboxylic acids is 2. The fraction of sp³-hybridized carbons (Fsp3) is 0.800. The molecule has 0 spiro atoms. The van der Waals surface area contributed by atoms with Gasteiger partial charge in [0.25, 0.3) is 0 Å². The zero-order chi connectivity index (χ0) is 14.6. The molecule has 0 aliphatic carbocycles. The molecular weight excluding hydrogens is 262 g/mol. The van der Waals surface area contributed by atoms with Crippen molar-refractivity contribution in [2.75, 3.05) is 19.1 Å². The van der Waals surface area contributed by atoms with Crippen LogP contribution in [0.1, 0.15) is 20.8 Å². The van der Waals surface area contributed by atoms with E-state index in [1.807, 2.05) is 0 Å². The van der Waals surface area contributed by atoms with E-state index in [0.717, 1.165) is 13.4 Å². The zero-order valence-electron chi connectivity index (χ0n) is 11.1. The molecule has 8 heteroatoms. The van der Waals surface area contributed by atoms with E-state index in [9.17, 15) is 18.0 Å². The van der Waals surface area contributed by atoms with Gasteiger partial charge in [-0.2, -0.15) is 0 Å². The van der Waals surface area contributed by atoms with Crippen molar-refractivity contribution in [3.63, 3.8) is 0 Å². The minimum Gasteiger partial charge on any atom is -0.467 e. The molecule has 106 valence electrons. The van der Waals surface area contributed by atoms with Gasteiger partial charge < -0.3 is 14.8 Å². The number of sulfone groups is 1. The largest absolute Gasteiger partial charge is 0.467 e. The maximum absolute atomic E-state index is 11.4. The smallest absolute Gasteiger partial charge is 0.408 e.